The van der Waals surface area contributed by atoms with Crippen LogP contribution in [0.1, 0.15) is 74.7 Å². The number of anilines is 2. The molecule has 0 radical (unpaired) electrons. The van der Waals surface area contributed by atoms with E-state index in [0.29, 0.717) is 38.0 Å². The van der Waals surface area contributed by atoms with Crippen LogP contribution in [0.25, 0.3) is 0 Å². The van der Waals surface area contributed by atoms with Gasteiger partial charge in [0, 0.05) is 56.6 Å². The van der Waals surface area contributed by atoms with E-state index in [0.717, 1.165) is 15.7 Å². The van der Waals surface area contributed by atoms with Crippen LogP contribution in [0, 0.1) is 30.2 Å². The number of rotatable bonds is 6. The first-order chi connectivity index (χ1) is 29.1. The zero-order valence-electron chi connectivity index (χ0n) is 34.6. The fourth-order valence-electron chi connectivity index (χ4n) is 4.37. The van der Waals surface area contributed by atoms with Crippen molar-refractivity contribution >= 4 is 96.8 Å². The Kier molecular flexibility index (Phi) is 25.3. The molecule has 6 rings (SSSR count). The lowest BCUT2D eigenvalue weighted by molar-refractivity contribution is 0.100. The van der Waals surface area contributed by atoms with Gasteiger partial charge in [-0.3, -0.25) is 19.2 Å². The molecular weight excluding hydrogens is 954 g/mol. The monoisotopic (exact) mass is 994 g/mol. The van der Waals surface area contributed by atoms with Crippen LogP contribution >= 0.6 is 62.3 Å². The first-order valence-corrected chi connectivity index (χ1v) is 20.4. The summed E-state index contributed by atoms with van der Waals surface area (Å²) in [7, 11) is 3.52. The second-order valence-electron chi connectivity index (χ2n) is 12.6. The maximum atomic E-state index is 12.7. The Morgan fingerprint density at radius 2 is 0.968 bits per heavy atom. The Hall–Kier alpha value is -5.04. The van der Waals surface area contributed by atoms with Crippen molar-refractivity contribution in [2.75, 3.05) is 24.7 Å². The number of ketones is 4. The second-order valence-corrected chi connectivity index (χ2v) is 15.2. The van der Waals surface area contributed by atoms with Gasteiger partial charge in [-0.15, -0.1) is 0 Å². The second kappa shape index (κ2) is 28.5. The number of halogens is 9. The van der Waals surface area contributed by atoms with Crippen molar-refractivity contribution in [2.24, 2.45) is 0 Å². The molecular formula is C47H43BrCl4F4N2O4. The van der Waals surface area contributed by atoms with Gasteiger partial charge in [0.15, 0.2) is 23.1 Å². The van der Waals surface area contributed by atoms with Crippen molar-refractivity contribution < 1.29 is 36.7 Å². The van der Waals surface area contributed by atoms with E-state index < -0.39 is 11.6 Å². The van der Waals surface area contributed by atoms with E-state index in [2.05, 4.69) is 26.6 Å². The van der Waals surface area contributed by atoms with E-state index in [1.165, 1.54) is 81.4 Å². The molecule has 0 spiro atoms. The van der Waals surface area contributed by atoms with Crippen LogP contribution in [0.3, 0.4) is 0 Å². The molecule has 0 unspecified atom stereocenters. The molecule has 0 saturated heterocycles. The van der Waals surface area contributed by atoms with Gasteiger partial charge < -0.3 is 10.6 Å². The first kappa shape index (κ1) is 55.0. The zero-order chi connectivity index (χ0) is 47.1. The Balaban J connectivity index is 0.000000372. The summed E-state index contributed by atoms with van der Waals surface area (Å²) in [6.07, 6.45) is 0. The molecule has 0 aromatic heterocycles. The Morgan fingerprint density at radius 1 is 0.500 bits per heavy atom. The molecule has 6 nitrogen and oxygen atoms in total. The molecule has 6 aromatic carbocycles. The summed E-state index contributed by atoms with van der Waals surface area (Å²) >= 11 is 25.7. The predicted molar refractivity (Wildman–Crippen MR) is 250 cm³/mol. The summed E-state index contributed by atoms with van der Waals surface area (Å²) < 4.78 is 50.9. The van der Waals surface area contributed by atoms with Crippen LogP contribution in [-0.2, 0) is 0 Å². The summed E-state index contributed by atoms with van der Waals surface area (Å²) in [4.78, 5) is 42.9. The fourth-order valence-corrected chi connectivity index (χ4v) is 5.69. The lowest BCUT2D eigenvalue weighted by Crippen LogP contribution is -1.93. The Bertz CT molecular complexity index is 2360. The molecule has 0 aliphatic heterocycles. The highest BCUT2D eigenvalue weighted by Gasteiger charge is 2.05. The molecule has 0 bridgehead atoms. The molecule has 62 heavy (non-hydrogen) atoms. The quantitative estimate of drug-likeness (QED) is 0.128. The summed E-state index contributed by atoms with van der Waals surface area (Å²) in [5, 5.41) is 7.13. The molecule has 2 N–H and O–H groups in total. The van der Waals surface area contributed by atoms with Gasteiger partial charge in [0.1, 0.15) is 23.3 Å². The Labute approximate surface area is 387 Å². The van der Waals surface area contributed by atoms with Crippen LogP contribution < -0.4 is 10.6 Å². The third-order valence-electron chi connectivity index (χ3n) is 7.74. The van der Waals surface area contributed by atoms with E-state index in [1.807, 2.05) is 37.4 Å². The Morgan fingerprint density at radius 3 is 1.39 bits per heavy atom. The zero-order valence-corrected chi connectivity index (χ0v) is 39.2. The topological polar surface area (TPSA) is 92.3 Å². The molecule has 15 heteroatoms. The highest BCUT2D eigenvalue weighted by Crippen LogP contribution is 2.24. The van der Waals surface area contributed by atoms with Crippen LogP contribution in [0.5, 0.6) is 0 Å². The van der Waals surface area contributed by atoms with Crippen molar-refractivity contribution in [3.05, 3.63) is 197 Å². The fraction of sp³-hybridized carbons (Fsp3) is 0.149. The molecule has 328 valence electrons. The number of aryl methyl sites for hydroxylation is 1. The minimum atomic E-state index is -0.503. The minimum absolute atomic E-state index is 0.0160. The molecule has 0 atom stereocenters. The third kappa shape index (κ3) is 21.2. The predicted octanol–water partition coefficient (Wildman–Crippen LogP) is 15.3. The van der Waals surface area contributed by atoms with Gasteiger partial charge in [0.25, 0.3) is 0 Å². The number of carbonyl (C=O) groups excluding carboxylic acids is 4. The van der Waals surface area contributed by atoms with E-state index in [1.54, 1.807) is 51.2 Å². The summed E-state index contributed by atoms with van der Waals surface area (Å²) in [6.45, 7) is 7.52. The van der Waals surface area contributed by atoms with Gasteiger partial charge in [-0.1, -0.05) is 80.5 Å². The van der Waals surface area contributed by atoms with Crippen LogP contribution in [0.4, 0.5) is 28.9 Å². The number of nitrogens with one attached hydrogen (secondary N) is 2. The van der Waals surface area contributed by atoms with Crippen molar-refractivity contribution in [1.29, 1.82) is 0 Å². The van der Waals surface area contributed by atoms with E-state index >= 15 is 0 Å². The summed E-state index contributed by atoms with van der Waals surface area (Å²) in [5.74, 6) is -1.58. The van der Waals surface area contributed by atoms with Gasteiger partial charge in [-0.2, -0.15) is 0 Å². The minimum Gasteiger partial charge on any atom is -0.388 e. The normalized spacial score (nSPS) is 9.55. The standard InChI is InChI=1S/C9H9FO.C8H7BrO.C8H6ClFO.C8H7FO.C7H7Cl2N.C7H7ClFN/c1-6-5-8(7(2)11)3-4-9(6)10;1-6(10)7-3-2-4-8(9)5-7;1-5(11)6-2-3-8(10)7(9)4-6;1-6(10)7-2-4-8(9)5-3-7;1-10-7-3-5(8)2-6(9)4-7;1-10-6-4-2-3-5(9)7(6)8/h3-5H,1-2H3;2-5H,1H3;2-4H,1H3;2-5H,1H3;2*2-4,10H,1H3. The molecule has 0 heterocycles. The van der Waals surface area contributed by atoms with Gasteiger partial charge in [-0.25, -0.2) is 17.6 Å². The average molecular weight is 998 g/mol. The average Bonchev–Trinajstić information content (AvgIpc) is 3.22. The van der Waals surface area contributed by atoms with Crippen LogP contribution in [0.15, 0.2) is 126 Å². The number of hydrogen-bond donors (Lipinski definition) is 2. The maximum absolute atomic E-state index is 12.7. The van der Waals surface area contributed by atoms with Crippen LogP contribution in [-0.4, -0.2) is 37.2 Å². The molecule has 0 aliphatic rings. The van der Waals surface area contributed by atoms with Crippen molar-refractivity contribution in [2.45, 2.75) is 34.6 Å². The van der Waals surface area contributed by atoms with Gasteiger partial charge in [0.05, 0.1) is 15.7 Å². The lowest BCUT2D eigenvalue weighted by atomic mass is 10.1. The number of hydrogen-bond acceptors (Lipinski definition) is 6. The van der Waals surface area contributed by atoms with Crippen molar-refractivity contribution in [3.8, 4) is 0 Å². The van der Waals surface area contributed by atoms with Crippen LogP contribution in [0.2, 0.25) is 20.1 Å². The first-order valence-electron chi connectivity index (χ1n) is 18.1. The number of Topliss-reactive ketones (excluding diaryl/α,β-unsaturated/α-hetero) is 4. The van der Waals surface area contributed by atoms with Gasteiger partial charge in [0.2, 0.25) is 0 Å². The molecule has 0 fully saturated rings. The van der Waals surface area contributed by atoms with E-state index in [4.69, 9.17) is 46.4 Å². The maximum Gasteiger partial charge on any atom is 0.159 e. The highest BCUT2D eigenvalue weighted by molar-refractivity contribution is 9.10. The molecule has 0 aliphatic carbocycles. The smallest absolute Gasteiger partial charge is 0.159 e. The molecule has 6 aromatic rings. The lowest BCUT2D eigenvalue weighted by Gasteiger charge is -2.01. The van der Waals surface area contributed by atoms with E-state index in [-0.39, 0.29) is 44.8 Å². The van der Waals surface area contributed by atoms with Crippen molar-refractivity contribution in [1.82, 2.24) is 0 Å². The number of carbonyl (C=O) groups is 4. The van der Waals surface area contributed by atoms with Gasteiger partial charge in [-0.05, 0) is 143 Å². The van der Waals surface area contributed by atoms with Crippen molar-refractivity contribution in [3.63, 3.8) is 0 Å². The highest BCUT2D eigenvalue weighted by atomic mass is 79.9. The summed E-state index contributed by atoms with van der Waals surface area (Å²) in [5.41, 5.74) is 4.33. The molecule has 0 saturated carbocycles. The SMILES string of the molecule is CC(=O)c1ccc(F)c(C)c1.CC(=O)c1ccc(F)c(Cl)c1.CC(=O)c1ccc(F)cc1.CC(=O)c1cccc(Br)c1.CNc1cc(Cl)cc(Cl)c1.CNc1cccc(F)c1Cl. The number of benzene rings is 6. The van der Waals surface area contributed by atoms with Gasteiger partial charge >= 0.3 is 0 Å². The summed E-state index contributed by atoms with van der Waals surface area (Å²) in [6, 6.07) is 31.1. The van der Waals surface area contributed by atoms with E-state index in [9.17, 15) is 36.7 Å². The molecule has 0 amide bonds. The third-order valence-corrected chi connectivity index (χ3v) is 9.35. The largest absolute Gasteiger partial charge is 0.388 e.